The second-order valence-electron chi connectivity index (χ2n) is 12.3. The molecule has 5 rings (SSSR count). The van der Waals surface area contributed by atoms with Gasteiger partial charge in [-0.05, 0) is 69.6 Å². The number of hydrogen-bond donors (Lipinski definition) is 3. The van der Waals surface area contributed by atoms with Gasteiger partial charge >= 0.3 is 5.97 Å². The number of rotatable bonds is 15. The summed E-state index contributed by atoms with van der Waals surface area (Å²) in [7, 11) is 0. The minimum Gasteiger partial charge on any atom is -0.481 e. The molecule has 3 N–H and O–H groups in total. The third kappa shape index (κ3) is 7.99. The molecule has 0 unspecified atom stereocenters. The van der Waals surface area contributed by atoms with Crippen LogP contribution in [0.4, 0.5) is 17.3 Å². The molecule has 0 atom stereocenters. The first-order chi connectivity index (χ1) is 22.1. The van der Waals surface area contributed by atoms with Gasteiger partial charge in [0.2, 0.25) is 5.95 Å². The van der Waals surface area contributed by atoms with E-state index in [2.05, 4.69) is 43.8 Å². The second kappa shape index (κ2) is 14.7. The van der Waals surface area contributed by atoms with E-state index in [9.17, 15) is 14.7 Å². The minimum atomic E-state index is -1.16. The molecule has 244 valence electrons. The number of carboxylic acids is 1. The number of fused-ring (bicyclic) bond motifs is 1. The van der Waals surface area contributed by atoms with Gasteiger partial charge in [0.15, 0.2) is 11.5 Å². The molecule has 0 spiro atoms. The largest absolute Gasteiger partial charge is 0.481 e. The number of allylic oxidation sites excluding steroid dienone is 1. The third-order valence-corrected chi connectivity index (χ3v) is 8.28. The number of aromatic nitrogens is 5. The lowest BCUT2D eigenvalue weighted by Crippen LogP contribution is -2.46. The van der Waals surface area contributed by atoms with Crippen LogP contribution in [0.2, 0.25) is 0 Å². The van der Waals surface area contributed by atoms with Crippen LogP contribution in [0.3, 0.4) is 0 Å². The van der Waals surface area contributed by atoms with Crippen LogP contribution >= 0.6 is 0 Å². The highest BCUT2D eigenvalue weighted by molar-refractivity contribution is 5.77. The number of carbonyl (C=O) groups is 1. The van der Waals surface area contributed by atoms with Gasteiger partial charge in [0.1, 0.15) is 11.0 Å². The van der Waals surface area contributed by atoms with Crippen molar-refractivity contribution in [3.05, 3.63) is 77.4 Å². The van der Waals surface area contributed by atoms with Crippen molar-refractivity contribution in [1.82, 2.24) is 29.2 Å². The Balaban J connectivity index is 1.22. The average Bonchev–Trinajstić information content (AvgIpc) is 3.31. The maximum atomic E-state index is 13.3. The molecule has 46 heavy (non-hydrogen) atoms. The van der Waals surface area contributed by atoms with Crippen LogP contribution < -0.4 is 15.8 Å². The van der Waals surface area contributed by atoms with Gasteiger partial charge in [0.25, 0.3) is 5.56 Å². The number of anilines is 3. The number of piperazine rings is 1. The van der Waals surface area contributed by atoms with Crippen molar-refractivity contribution >= 4 is 34.3 Å². The lowest BCUT2D eigenvalue weighted by molar-refractivity contribution is -0.137. The third-order valence-electron chi connectivity index (χ3n) is 8.28. The van der Waals surface area contributed by atoms with Crippen LogP contribution in [0, 0.1) is 0 Å². The topological polar surface area (TPSA) is 142 Å². The van der Waals surface area contributed by atoms with E-state index >= 15 is 0 Å². The fourth-order valence-electron chi connectivity index (χ4n) is 5.75. The Bertz CT molecular complexity index is 1700. The molecule has 12 nitrogen and oxygen atoms in total. The van der Waals surface area contributed by atoms with E-state index in [4.69, 9.17) is 10.1 Å². The number of hydrogen-bond acceptors (Lipinski definition) is 9. The molecule has 1 fully saturated rings. The van der Waals surface area contributed by atoms with Crippen LogP contribution in [0.1, 0.15) is 58.1 Å². The zero-order valence-corrected chi connectivity index (χ0v) is 26.7. The van der Waals surface area contributed by atoms with Gasteiger partial charge in [0.05, 0.1) is 12.2 Å². The van der Waals surface area contributed by atoms with Gasteiger partial charge in [-0.3, -0.25) is 14.5 Å². The molecule has 4 heterocycles. The lowest BCUT2D eigenvalue weighted by atomic mass is 10.1. The number of unbranched alkanes of at least 4 members (excludes halogenated alkanes) is 4. The molecule has 0 aliphatic carbocycles. The number of aliphatic carboxylic acids is 1. The van der Waals surface area contributed by atoms with Gasteiger partial charge < -0.3 is 20.4 Å². The van der Waals surface area contributed by atoms with E-state index in [0.29, 0.717) is 28.5 Å². The maximum Gasteiger partial charge on any atom is 0.303 e. The zero-order chi connectivity index (χ0) is 32.7. The van der Waals surface area contributed by atoms with Crippen molar-refractivity contribution in [3.8, 4) is 5.82 Å². The lowest BCUT2D eigenvalue weighted by Gasteiger charge is -2.36. The molecule has 3 aromatic heterocycles. The van der Waals surface area contributed by atoms with Crippen molar-refractivity contribution in [2.75, 3.05) is 42.9 Å². The summed E-state index contributed by atoms with van der Waals surface area (Å²) < 4.78 is 3.15. The summed E-state index contributed by atoms with van der Waals surface area (Å²) in [5.41, 5.74) is 1.45. The highest BCUT2D eigenvalue weighted by Gasteiger charge is 2.22. The Hall–Kier alpha value is -4.55. The van der Waals surface area contributed by atoms with Gasteiger partial charge in [0, 0.05) is 50.2 Å². The highest BCUT2D eigenvalue weighted by atomic mass is 16.4. The standard InChI is InChI=1S/C34H44N8O4/c1-4-18-41-32(45)27-24-35-33(38-31(27)42(41)29-12-10-11-28(37-29)34(2,3)46)36-25-14-16-26(17-15-25)40-22-20-39(21-23-40)19-9-7-5-6-8-13-30(43)44/h4,10-12,14-17,24,46H,1,5-9,13,18-23H2,2-3H3,(H,43,44)(H,35,36,38). The van der Waals surface area contributed by atoms with Crippen LogP contribution in [0.5, 0.6) is 0 Å². The zero-order valence-electron chi connectivity index (χ0n) is 26.7. The minimum absolute atomic E-state index is 0.248. The predicted molar refractivity (Wildman–Crippen MR) is 180 cm³/mol. The Kier molecular flexibility index (Phi) is 10.5. The molecule has 0 bridgehead atoms. The summed E-state index contributed by atoms with van der Waals surface area (Å²) in [4.78, 5) is 42.6. The number of benzene rings is 1. The summed E-state index contributed by atoms with van der Waals surface area (Å²) >= 11 is 0. The molecular weight excluding hydrogens is 584 g/mol. The summed E-state index contributed by atoms with van der Waals surface area (Å²) in [5, 5.41) is 22.9. The van der Waals surface area contributed by atoms with E-state index in [1.165, 1.54) is 10.9 Å². The van der Waals surface area contributed by atoms with E-state index in [-0.39, 0.29) is 18.5 Å². The fourth-order valence-corrected chi connectivity index (χ4v) is 5.75. The van der Waals surface area contributed by atoms with Crippen LogP contribution in [-0.4, -0.2) is 78.1 Å². The molecular formula is C34H44N8O4. The molecule has 0 amide bonds. The first-order valence-electron chi connectivity index (χ1n) is 16.0. The molecule has 1 aromatic carbocycles. The van der Waals surface area contributed by atoms with E-state index in [1.54, 1.807) is 42.8 Å². The Morgan fingerprint density at radius 1 is 1.00 bits per heavy atom. The Labute approximate surface area is 269 Å². The summed E-state index contributed by atoms with van der Waals surface area (Å²) in [6, 6.07) is 13.5. The van der Waals surface area contributed by atoms with Gasteiger partial charge in [-0.1, -0.05) is 31.4 Å². The number of aliphatic hydroxyl groups is 1. The molecule has 1 aliphatic heterocycles. The van der Waals surface area contributed by atoms with Crippen molar-refractivity contribution in [1.29, 1.82) is 0 Å². The molecule has 4 aromatic rings. The number of pyridine rings is 1. The second-order valence-corrected chi connectivity index (χ2v) is 12.3. The molecule has 1 saturated heterocycles. The normalized spacial score (nSPS) is 14.1. The number of nitrogens with one attached hydrogen (secondary N) is 1. The smallest absolute Gasteiger partial charge is 0.303 e. The monoisotopic (exact) mass is 628 g/mol. The maximum absolute atomic E-state index is 13.3. The Morgan fingerprint density at radius 2 is 1.72 bits per heavy atom. The molecule has 0 saturated carbocycles. The fraction of sp³-hybridized carbons (Fsp3) is 0.441. The van der Waals surface area contributed by atoms with Gasteiger partial charge in [-0.25, -0.2) is 19.3 Å². The van der Waals surface area contributed by atoms with Crippen molar-refractivity contribution < 1.29 is 15.0 Å². The van der Waals surface area contributed by atoms with Crippen molar-refractivity contribution in [2.24, 2.45) is 0 Å². The molecule has 0 radical (unpaired) electrons. The average molecular weight is 629 g/mol. The molecule has 1 aliphatic rings. The van der Waals surface area contributed by atoms with Gasteiger partial charge in [-0.2, -0.15) is 4.98 Å². The first-order valence-corrected chi connectivity index (χ1v) is 16.0. The Morgan fingerprint density at radius 3 is 2.41 bits per heavy atom. The van der Waals surface area contributed by atoms with Crippen molar-refractivity contribution in [2.45, 2.75) is 64.5 Å². The summed E-state index contributed by atoms with van der Waals surface area (Å²) in [6.45, 7) is 12.4. The highest BCUT2D eigenvalue weighted by Crippen LogP contribution is 2.24. The van der Waals surface area contributed by atoms with Crippen LogP contribution in [0.25, 0.3) is 16.9 Å². The van der Waals surface area contributed by atoms with E-state index in [1.807, 2.05) is 12.1 Å². The first kappa shape index (κ1) is 32.8. The van der Waals surface area contributed by atoms with Crippen LogP contribution in [0.15, 0.2) is 66.1 Å². The number of nitrogens with zero attached hydrogens (tertiary/aromatic N) is 7. The summed E-state index contributed by atoms with van der Waals surface area (Å²) in [5.74, 6) is 0.0957. The molecule has 12 heteroatoms. The number of carboxylic acid groups (broad SMARTS) is 1. The van der Waals surface area contributed by atoms with Crippen molar-refractivity contribution in [3.63, 3.8) is 0 Å². The summed E-state index contributed by atoms with van der Waals surface area (Å²) in [6.07, 6.45) is 8.60. The van der Waals surface area contributed by atoms with E-state index < -0.39 is 11.6 Å². The predicted octanol–water partition coefficient (Wildman–Crippen LogP) is 4.68. The van der Waals surface area contributed by atoms with Crippen LogP contribution in [-0.2, 0) is 16.9 Å². The quantitative estimate of drug-likeness (QED) is 0.125. The SMILES string of the molecule is C=CCn1c(=O)c2cnc(Nc3ccc(N4CCN(CCCCCCCC(=O)O)CC4)cc3)nc2n1-c1cccc(C(C)(C)O)n1. The van der Waals surface area contributed by atoms with Gasteiger partial charge in [-0.15, -0.1) is 6.58 Å². The van der Waals surface area contributed by atoms with E-state index in [0.717, 1.165) is 76.2 Å².